The summed E-state index contributed by atoms with van der Waals surface area (Å²) in [5.41, 5.74) is 3.66. The molecule has 1 amide bonds. The first-order valence-electron chi connectivity index (χ1n) is 7.58. The molecule has 2 rings (SSSR count). The molecule has 0 heterocycles. The van der Waals surface area contributed by atoms with Gasteiger partial charge in [-0.05, 0) is 42.8 Å². The van der Waals surface area contributed by atoms with Crippen molar-refractivity contribution in [3.63, 3.8) is 0 Å². The molecule has 0 bridgehead atoms. The summed E-state index contributed by atoms with van der Waals surface area (Å²) in [6, 6.07) is 11.7. The van der Waals surface area contributed by atoms with Crippen LogP contribution < -0.4 is 20.0 Å². The van der Waals surface area contributed by atoms with Gasteiger partial charge in [0.05, 0.1) is 12.2 Å². The summed E-state index contributed by atoms with van der Waals surface area (Å²) in [6.07, 6.45) is 1.34. The Labute approximate surface area is 155 Å². The zero-order valence-corrected chi connectivity index (χ0v) is 14.7. The van der Waals surface area contributed by atoms with E-state index < -0.39 is 18.5 Å². The maximum Gasteiger partial charge on any atom is 0.277 e. The van der Waals surface area contributed by atoms with Gasteiger partial charge in [-0.1, -0.05) is 23.7 Å². The van der Waals surface area contributed by atoms with Gasteiger partial charge >= 0.3 is 0 Å². The lowest BCUT2D eigenvalue weighted by molar-refractivity contribution is -0.307. The van der Waals surface area contributed by atoms with Crippen molar-refractivity contribution in [3.05, 3.63) is 58.6 Å². The van der Waals surface area contributed by atoms with Crippen LogP contribution in [0.5, 0.6) is 11.5 Å². The molecule has 0 saturated heterocycles. The summed E-state index contributed by atoms with van der Waals surface area (Å²) < 4.78 is 10.4. The zero-order chi connectivity index (χ0) is 18.9. The van der Waals surface area contributed by atoms with Crippen molar-refractivity contribution in [3.8, 4) is 11.5 Å². The van der Waals surface area contributed by atoms with Crippen molar-refractivity contribution < 1.29 is 24.2 Å². The second kappa shape index (κ2) is 9.43. The van der Waals surface area contributed by atoms with Crippen LogP contribution in [-0.4, -0.2) is 31.3 Å². The summed E-state index contributed by atoms with van der Waals surface area (Å²) in [5, 5.41) is 14.9. The molecular formula is C18H16ClN2O5-. The van der Waals surface area contributed by atoms with Gasteiger partial charge in [0.2, 0.25) is 0 Å². The van der Waals surface area contributed by atoms with Crippen LogP contribution in [0.2, 0.25) is 5.02 Å². The average Bonchev–Trinajstić information content (AvgIpc) is 2.62. The van der Waals surface area contributed by atoms with E-state index in [4.69, 9.17) is 21.1 Å². The molecule has 7 nitrogen and oxygen atoms in total. The number of aliphatic carboxylic acids is 1. The number of carboxylic acid groups (broad SMARTS) is 1. The van der Waals surface area contributed by atoms with Gasteiger partial charge in [0, 0.05) is 10.6 Å². The predicted octanol–water partition coefficient (Wildman–Crippen LogP) is 1.31. The largest absolute Gasteiger partial charge is 0.546 e. The molecule has 136 valence electrons. The van der Waals surface area contributed by atoms with E-state index in [0.717, 1.165) is 5.56 Å². The Kier molecular flexibility index (Phi) is 6.99. The molecular weight excluding hydrogens is 360 g/mol. The van der Waals surface area contributed by atoms with Gasteiger partial charge in [0.25, 0.3) is 5.91 Å². The molecule has 2 aromatic rings. The number of hydrogen-bond donors (Lipinski definition) is 1. The number of carbonyl (C=O) groups excluding carboxylic acids is 2. The Morgan fingerprint density at radius 3 is 2.69 bits per heavy atom. The van der Waals surface area contributed by atoms with Crippen LogP contribution in [0.15, 0.2) is 47.6 Å². The van der Waals surface area contributed by atoms with E-state index in [2.05, 4.69) is 10.5 Å². The second-order valence-electron chi connectivity index (χ2n) is 5.19. The van der Waals surface area contributed by atoms with Crippen molar-refractivity contribution in [1.82, 2.24) is 5.43 Å². The molecule has 26 heavy (non-hydrogen) atoms. The maximum atomic E-state index is 11.8. The molecule has 0 fully saturated rings. The molecule has 2 aromatic carbocycles. The van der Waals surface area contributed by atoms with E-state index in [1.165, 1.54) is 6.21 Å². The highest BCUT2D eigenvalue weighted by molar-refractivity contribution is 6.31. The normalized spacial score (nSPS) is 10.5. The molecule has 0 spiro atoms. The zero-order valence-electron chi connectivity index (χ0n) is 13.9. The maximum absolute atomic E-state index is 11.8. The van der Waals surface area contributed by atoms with Crippen molar-refractivity contribution in [2.24, 2.45) is 5.10 Å². The number of nitrogens with zero attached hydrogens (tertiary/aromatic N) is 1. The number of rotatable bonds is 8. The third-order valence-corrected chi connectivity index (χ3v) is 3.58. The third kappa shape index (κ3) is 6.10. The Morgan fingerprint density at radius 1 is 1.19 bits per heavy atom. The standard InChI is InChI=1S/C18H17ClN2O5/c1-12-8-14(6-7-15(12)19)25-10-17(22)21-20-9-13-4-2-3-5-16(13)26-11-18(23)24/h2-9H,10-11H2,1H3,(H,21,22)(H,23,24)/p-1/b20-9-. The number of aryl methyl sites for hydroxylation is 1. The topological polar surface area (TPSA) is 100 Å². The number of nitrogens with one attached hydrogen (secondary N) is 1. The number of halogens is 1. The molecule has 0 saturated carbocycles. The summed E-state index contributed by atoms with van der Waals surface area (Å²) in [5.74, 6) is -0.962. The van der Waals surface area contributed by atoms with E-state index in [0.29, 0.717) is 22.1 Å². The number of carbonyl (C=O) groups is 2. The number of hydrogen-bond acceptors (Lipinski definition) is 6. The summed E-state index contributed by atoms with van der Waals surface area (Å²) in [6.45, 7) is 1.03. The number of hydrazone groups is 1. The minimum atomic E-state index is -1.33. The molecule has 1 N–H and O–H groups in total. The van der Waals surface area contributed by atoms with Crippen LogP contribution in [0.4, 0.5) is 0 Å². The molecule has 8 heteroatoms. The van der Waals surface area contributed by atoms with Gasteiger partial charge in [-0.2, -0.15) is 5.10 Å². The number of amides is 1. The Morgan fingerprint density at radius 2 is 1.96 bits per heavy atom. The van der Waals surface area contributed by atoms with Gasteiger partial charge in [-0.25, -0.2) is 5.43 Å². The Balaban J connectivity index is 1.86. The molecule has 0 aliphatic heterocycles. The van der Waals surface area contributed by atoms with E-state index in [9.17, 15) is 14.7 Å². The monoisotopic (exact) mass is 375 g/mol. The molecule has 0 aliphatic carbocycles. The highest BCUT2D eigenvalue weighted by atomic mass is 35.5. The molecule has 0 aliphatic rings. The van der Waals surface area contributed by atoms with Gasteiger partial charge in [-0.15, -0.1) is 0 Å². The smallest absolute Gasteiger partial charge is 0.277 e. The lowest BCUT2D eigenvalue weighted by Gasteiger charge is -2.09. The fourth-order valence-electron chi connectivity index (χ4n) is 1.92. The van der Waals surface area contributed by atoms with Crippen LogP contribution in [0.25, 0.3) is 0 Å². The first-order chi connectivity index (χ1) is 12.5. The lowest BCUT2D eigenvalue weighted by Crippen LogP contribution is -2.29. The van der Waals surface area contributed by atoms with Crippen molar-refractivity contribution in [2.45, 2.75) is 6.92 Å². The van der Waals surface area contributed by atoms with Crippen LogP contribution in [0.1, 0.15) is 11.1 Å². The summed E-state index contributed by atoms with van der Waals surface area (Å²) >= 11 is 5.92. The summed E-state index contributed by atoms with van der Waals surface area (Å²) in [4.78, 5) is 22.2. The van der Waals surface area contributed by atoms with Crippen molar-refractivity contribution >= 4 is 29.7 Å². The van der Waals surface area contributed by atoms with Crippen molar-refractivity contribution in [1.29, 1.82) is 0 Å². The lowest BCUT2D eigenvalue weighted by atomic mass is 10.2. The highest BCUT2D eigenvalue weighted by Gasteiger charge is 2.04. The Bertz CT molecular complexity index is 823. The molecule has 0 unspecified atom stereocenters. The number of carboxylic acids is 1. The van der Waals surface area contributed by atoms with E-state index >= 15 is 0 Å². The van der Waals surface area contributed by atoms with E-state index in [-0.39, 0.29) is 6.61 Å². The SMILES string of the molecule is Cc1cc(OCC(=O)N/N=C\c2ccccc2OCC(=O)[O-])ccc1Cl. The number of benzene rings is 2. The minimum Gasteiger partial charge on any atom is -0.546 e. The predicted molar refractivity (Wildman–Crippen MR) is 94.4 cm³/mol. The second-order valence-corrected chi connectivity index (χ2v) is 5.60. The molecule has 0 atom stereocenters. The highest BCUT2D eigenvalue weighted by Crippen LogP contribution is 2.20. The minimum absolute atomic E-state index is 0.221. The average molecular weight is 376 g/mol. The summed E-state index contributed by atoms with van der Waals surface area (Å²) in [7, 11) is 0. The van der Waals surface area contributed by atoms with Crippen LogP contribution in [0.3, 0.4) is 0 Å². The first kappa shape index (κ1) is 19.3. The van der Waals surface area contributed by atoms with Crippen LogP contribution >= 0.6 is 11.6 Å². The van der Waals surface area contributed by atoms with E-state index in [1.54, 1.807) is 42.5 Å². The van der Waals surface area contributed by atoms with Gasteiger partial charge in [0.1, 0.15) is 18.1 Å². The fourth-order valence-corrected chi connectivity index (χ4v) is 2.03. The third-order valence-electron chi connectivity index (χ3n) is 3.16. The van der Waals surface area contributed by atoms with Crippen LogP contribution in [0, 0.1) is 6.92 Å². The Hall–Kier alpha value is -3.06. The fraction of sp³-hybridized carbons (Fsp3) is 0.167. The van der Waals surface area contributed by atoms with Gasteiger partial charge in [-0.3, -0.25) is 4.79 Å². The van der Waals surface area contributed by atoms with E-state index in [1.807, 2.05) is 6.92 Å². The number of ether oxygens (including phenoxy) is 2. The van der Waals surface area contributed by atoms with Crippen LogP contribution in [-0.2, 0) is 9.59 Å². The first-order valence-corrected chi connectivity index (χ1v) is 7.96. The molecule has 0 aromatic heterocycles. The molecule has 0 radical (unpaired) electrons. The van der Waals surface area contributed by atoms with Gasteiger partial charge in [0.15, 0.2) is 6.61 Å². The quantitative estimate of drug-likeness (QED) is 0.553. The number of para-hydroxylation sites is 1. The van der Waals surface area contributed by atoms with Crippen molar-refractivity contribution in [2.75, 3.05) is 13.2 Å². The van der Waals surface area contributed by atoms with Gasteiger partial charge < -0.3 is 19.4 Å².